The van der Waals surface area contributed by atoms with Gasteiger partial charge in [0.1, 0.15) is 0 Å². The number of carbonyl (C=O) groups is 2. The number of nitrogens with one attached hydrogen (secondary N) is 1. The van der Waals surface area contributed by atoms with Gasteiger partial charge in [-0.3, -0.25) is 14.3 Å². The minimum Gasteiger partial charge on any atom is -0.369 e. The molecule has 1 aromatic heterocycles. The first-order valence-electron chi connectivity index (χ1n) is 6.36. The Kier molecular flexibility index (Phi) is 4.24. The van der Waals surface area contributed by atoms with Gasteiger partial charge in [0.25, 0.3) is 5.91 Å². The lowest BCUT2D eigenvalue weighted by atomic mass is 10.0. The molecule has 1 aliphatic carbocycles. The number of hydrogen-bond donors (Lipinski definition) is 2. The van der Waals surface area contributed by atoms with Crippen molar-refractivity contribution in [1.82, 2.24) is 15.1 Å². The van der Waals surface area contributed by atoms with E-state index in [1.807, 2.05) is 6.92 Å². The van der Waals surface area contributed by atoms with Crippen molar-refractivity contribution in [2.24, 2.45) is 11.7 Å². The molecule has 0 bridgehead atoms. The molecule has 3 N–H and O–H groups in total. The lowest BCUT2D eigenvalue weighted by Crippen LogP contribution is -2.42. The van der Waals surface area contributed by atoms with Gasteiger partial charge in [-0.2, -0.15) is 5.10 Å². The third kappa shape index (κ3) is 2.97. The Labute approximate surface area is 119 Å². The molecule has 0 radical (unpaired) electrons. The van der Waals surface area contributed by atoms with Crippen LogP contribution < -0.4 is 11.1 Å². The highest BCUT2D eigenvalue weighted by Gasteiger charge is 2.33. The molecule has 0 unspecified atom stereocenters. The summed E-state index contributed by atoms with van der Waals surface area (Å²) >= 11 is 3.32. The second kappa shape index (κ2) is 5.73. The van der Waals surface area contributed by atoms with Gasteiger partial charge in [-0.25, -0.2) is 0 Å². The summed E-state index contributed by atoms with van der Waals surface area (Å²) in [5.74, 6) is -0.880. The summed E-state index contributed by atoms with van der Waals surface area (Å²) in [7, 11) is 0. The molecule has 0 spiro atoms. The minimum atomic E-state index is -0.346. The van der Waals surface area contributed by atoms with E-state index in [1.165, 1.54) is 0 Å². The van der Waals surface area contributed by atoms with Gasteiger partial charge in [0.15, 0.2) is 5.69 Å². The lowest BCUT2D eigenvalue weighted by Gasteiger charge is -2.17. The first-order valence-corrected chi connectivity index (χ1v) is 7.15. The number of carbonyl (C=O) groups excluding carboxylic acids is 2. The Morgan fingerprint density at radius 1 is 1.58 bits per heavy atom. The molecule has 104 valence electrons. The van der Waals surface area contributed by atoms with Gasteiger partial charge in [-0.05, 0) is 35.7 Å². The van der Waals surface area contributed by atoms with Gasteiger partial charge in [0.2, 0.25) is 5.91 Å². The molecule has 1 heterocycles. The maximum Gasteiger partial charge on any atom is 0.273 e. The van der Waals surface area contributed by atoms with E-state index in [0.29, 0.717) is 16.7 Å². The third-order valence-electron chi connectivity index (χ3n) is 3.45. The number of hydrogen-bond acceptors (Lipinski definition) is 3. The summed E-state index contributed by atoms with van der Waals surface area (Å²) in [6, 6.07) is -0.177. The Bertz CT molecular complexity index is 500. The standard InChI is InChI=1S/C12H17BrN4O2/c1-2-17-6-8(13)10(16-17)12(19)15-9-5-3-4-7(9)11(14)18/h6-7,9H,2-5H2,1H3,(H2,14,18)(H,15,19)/t7-,9+/m0/s1. The van der Waals surface area contributed by atoms with Crippen molar-refractivity contribution in [3.63, 3.8) is 0 Å². The molecule has 2 atom stereocenters. The number of rotatable bonds is 4. The van der Waals surface area contributed by atoms with E-state index >= 15 is 0 Å². The van der Waals surface area contributed by atoms with E-state index in [1.54, 1.807) is 10.9 Å². The fourth-order valence-electron chi connectivity index (χ4n) is 2.42. The molecule has 2 rings (SSSR count). The van der Waals surface area contributed by atoms with Crippen LogP contribution in [0, 0.1) is 5.92 Å². The number of primary amides is 1. The Morgan fingerprint density at radius 2 is 2.32 bits per heavy atom. The highest BCUT2D eigenvalue weighted by molar-refractivity contribution is 9.10. The molecule has 7 heteroatoms. The van der Waals surface area contributed by atoms with Gasteiger partial charge >= 0.3 is 0 Å². The maximum absolute atomic E-state index is 12.1. The van der Waals surface area contributed by atoms with E-state index in [2.05, 4.69) is 26.3 Å². The van der Waals surface area contributed by atoms with Crippen LogP contribution in [0.2, 0.25) is 0 Å². The molecular weight excluding hydrogens is 312 g/mol. The van der Waals surface area contributed by atoms with Gasteiger partial charge in [0.05, 0.1) is 10.4 Å². The van der Waals surface area contributed by atoms with Crippen molar-refractivity contribution in [1.29, 1.82) is 0 Å². The van der Waals surface area contributed by atoms with Crippen LogP contribution in [0.15, 0.2) is 10.7 Å². The molecule has 0 aliphatic heterocycles. The third-order valence-corrected chi connectivity index (χ3v) is 4.03. The zero-order chi connectivity index (χ0) is 14.0. The average Bonchev–Trinajstić information content (AvgIpc) is 2.95. The van der Waals surface area contributed by atoms with Crippen LogP contribution in [0.4, 0.5) is 0 Å². The van der Waals surface area contributed by atoms with Crippen LogP contribution in [-0.4, -0.2) is 27.6 Å². The number of nitrogens with two attached hydrogens (primary N) is 1. The van der Waals surface area contributed by atoms with Crippen LogP contribution in [0.25, 0.3) is 0 Å². The van der Waals surface area contributed by atoms with Crippen LogP contribution in [0.5, 0.6) is 0 Å². The van der Waals surface area contributed by atoms with Gasteiger partial charge in [-0.15, -0.1) is 0 Å². The number of amides is 2. The van der Waals surface area contributed by atoms with Crippen molar-refractivity contribution in [3.8, 4) is 0 Å². The fourth-order valence-corrected chi connectivity index (χ4v) is 2.92. The molecule has 0 aromatic carbocycles. The molecule has 19 heavy (non-hydrogen) atoms. The van der Waals surface area contributed by atoms with E-state index in [-0.39, 0.29) is 23.8 Å². The molecule has 1 aliphatic rings. The number of aryl methyl sites for hydroxylation is 1. The van der Waals surface area contributed by atoms with E-state index in [4.69, 9.17) is 5.73 Å². The van der Waals surface area contributed by atoms with Crippen molar-refractivity contribution >= 4 is 27.7 Å². The largest absolute Gasteiger partial charge is 0.369 e. The summed E-state index contributed by atoms with van der Waals surface area (Å²) in [5.41, 5.74) is 5.68. The Morgan fingerprint density at radius 3 is 2.89 bits per heavy atom. The highest BCUT2D eigenvalue weighted by Crippen LogP contribution is 2.26. The monoisotopic (exact) mass is 328 g/mol. The molecule has 1 aromatic rings. The van der Waals surface area contributed by atoms with Crippen LogP contribution in [0.3, 0.4) is 0 Å². The van der Waals surface area contributed by atoms with Gasteiger partial charge in [-0.1, -0.05) is 6.42 Å². The average molecular weight is 329 g/mol. The fraction of sp³-hybridized carbons (Fsp3) is 0.583. The smallest absolute Gasteiger partial charge is 0.273 e. The summed E-state index contributed by atoms with van der Waals surface area (Å²) in [6.07, 6.45) is 4.19. The van der Waals surface area contributed by atoms with Crippen molar-refractivity contribution < 1.29 is 9.59 Å². The predicted octanol–water partition coefficient (Wildman–Crippen LogP) is 1.05. The zero-order valence-corrected chi connectivity index (χ0v) is 12.3. The van der Waals surface area contributed by atoms with Crippen LogP contribution in [-0.2, 0) is 11.3 Å². The molecular formula is C12H17BrN4O2. The topological polar surface area (TPSA) is 90.0 Å². The first-order chi connectivity index (χ1) is 9.02. The molecule has 2 amide bonds. The highest BCUT2D eigenvalue weighted by atomic mass is 79.9. The van der Waals surface area contributed by atoms with Crippen molar-refractivity contribution in [2.45, 2.75) is 38.8 Å². The van der Waals surface area contributed by atoms with Crippen LogP contribution >= 0.6 is 15.9 Å². The number of aromatic nitrogens is 2. The summed E-state index contributed by atoms with van der Waals surface area (Å²) in [4.78, 5) is 23.4. The normalized spacial score (nSPS) is 22.4. The SMILES string of the molecule is CCn1cc(Br)c(C(=O)N[C@@H]2CCC[C@@H]2C(N)=O)n1. The quantitative estimate of drug-likeness (QED) is 0.865. The van der Waals surface area contributed by atoms with Crippen LogP contribution in [0.1, 0.15) is 36.7 Å². The number of halogens is 1. The van der Waals surface area contributed by atoms with Crippen molar-refractivity contribution in [3.05, 3.63) is 16.4 Å². The molecule has 6 nitrogen and oxygen atoms in total. The Hall–Kier alpha value is -1.37. The summed E-state index contributed by atoms with van der Waals surface area (Å²) < 4.78 is 2.33. The lowest BCUT2D eigenvalue weighted by molar-refractivity contribution is -0.122. The maximum atomic E-state index is 12.1. The van der Waals surface area contributed by atoms with Gasteiger partial charge < -0.3 is 11.1 Å². The Balaban J connectivity index is 2.08. The predicted molar refractivity (Wildman–Crippen MR) is 73.4 cm³/mol. The summed E-state index contributed by atoms with van der Waals surface area (Å²) in [6.45, 7) is 2.64. The molecule has 1 fully saturated rings. The van der Waals surface area contributed by atoms with E-state index in [0.717, 1.165) is 19.3 Å². The van der Waals surface area contributed by atoms with Crippen molar-refractivity contribution in [2.75, 3.05) is 0 Å². The second-order valence-electron chi connectivity index (χ2n) is 4.70. The summed E-state index contributed by atoms with van der Waals surface area (Å²) in [5, 5.41) is 7.04. The molecule has 0 saturated heterocycles. The first kappa shape index (κ1) is 14.0. The van der Waals surface area contributed by atoms with E-state index < -0.39 is 0 Å². The zero-order valence-electron chi connectivity index (χ0n) is 10.7. The molecule has 1 saturated carbocycles. The second-order valence-corrected chi connectivity index (χ2v) is 5.56. The van der Waals surface area contributed by atoms with Gasteiger partial charge in [0, 0.05) is 18.8 Å². The number of nitrogens with zero attached hydrogens (tertiary/aromatic N) is 2. The minimum absolute atomic E-state index is 0.177. The van der Waals surface area contributed by atoms with E-state index in [9.17, 15) is 9.59 Å².